The van der Waals surface area contributed by atoms with Crippen LogP contribution in [-0.2, 0) is 21.4 Å². The normalized spacial score (nSPS) is 19.6. The van der Waals surface area contributed by atoms with E-state index in [0.29, 0.717) is 15.9 Å². The summed E-state index contributed by atoms with van der Waals surface area (Å²) in [5.41, 5.74) is 1.65. The monoisotopic (exact) mass is 503 g/mol. The number of rotatable bonds is 6. The van der Waals surface area contributed by atoms with Crippen molar-refractivity contribution in [3.8, 4) is 0 Å². The summed E-state index contributed by atoms with van der Waals surface area (Å²) in [5, 5.41) is 2.51. The van der Waals surface area contributed by atoms with Crippen molar-refractivity contribution in [3.05, 3.63) is 58.7 Å². The number of hydrogen-bond acceptors (Lipinski definition) is 4. The van der Waals surface area contributed by atoms with Crippen LogP contribution in [0.1, 0.15) is 55.7 Å². The second kappa shape index (κ2) is 9.57. The summed E-state index contributed by atoms with van der Waals surface area (Å²) in [6.45, 7) is -0.328. The van der Waals surface area contributed by atoms with Gasteiger partial charge in [-0.1, -0.05) is 25.3 Å². The van der Waals surface area contributed by atoms with Gasteiger partial charge >= 0.3 is 0 Å². The van der Waals surface area contributed by atoms with E-state index in [1.165, 1.54) is 19.3 Å². The highest BCUT2D eigenvalue weighted by atomic mass is 32.2. The van der Waals surface area contributed by atoms with Crippen LogP contribution in [0.15, 0.2) is 23.2 Å². The van der Waals surface area contributed by atoms with E-state index in [4.69, 9.17) is 0 Å². The lowest BCUT2D eigenvalue weighted by atomic mass is 9.85. The molecule has 2 aliphatic rings. The van der Waals surface area contributed by atoms with Crippen LogP contribution in [0, 0.1) is 29.1 Å². The van der Waals surface area contributed by atoms with E-state index in [1.54, 1.807) is 12.3 Å². The van der Waals surface area contributed by atoms with Gasteiger partial charge in [0, 0.05) is 12.7 Å². The molecule has 1 atom stereocenters. The van der Waals surface area contributed by atoms with Gasteiger partial charge in [-0.05, 0) is 36.8 Å². The molecule has 0 radical (unpaired) electrons. The molecule has 2 heterocycles. The zero-order chi connectivity index (χ0) is 24.6. The molecule has 1 N–H and O–H groups in total. The number of nitrogens with one attached hydrogen (secondary N) is 1. The molecule has 1 aliphatic carbocycles. The minimum Gasteiger partial charge on any atom is -0.349 e. The standard InChI is InChI=1S/C22H22F5N3O3S/c23-16-17(24)19(26)21(20(27)18(16)25)34(32,33)30-9-8-15(30)22(31)29-11-14-7-6-13(10-28-14)12-4-2-1-3-5-12/h6-7,10,12,15H,1-5,8-9,11H2,(H,29,31). The average Bonchev–Trinajstić information content (AvgIpc) is 2.80. The van der Waals surface area contributed by atoms with Crippen LogP contribution in [0.5, 0.6) is 0 Å². The van der Waals surface area contributed by atoms with Crippen molar-refractivity contribution in [1.82, 2.24) is 14.6 Å². The molecule has 6 nitrogen and oxygen atoms in total. The number of sulfonamides is 1. The number of nitrogens with zero attached hydrogens (tertiary/aromatic N) is 2. The lowest BCUT2D eigenvalue weighted by Gasteiger charge is -2.38. The maximum absolute atomic E-state index is 14.0. The summed E-state index contributed by atoms with van der Waals surface area (Å²) in [7, 11) is -5.16. The van der Waals surface area contributed by atoms with Crippen molar-refractivity contribution >= 4 is 15.9 Å². The summed E-state index contributed by atoms with van der Waals surface area (Å²) < 4.78 is 94.1. The Balaban J connectivity index is 1.44. The second-order valence-corrected chi connectivity index (χ2v) is 10.3. The first-order valence-electron chi connectivity index (χ1n) is 10.9. The minimum atomic E-state index is -5.16. The van der Waals surface area contributed by atoms with E-state index in [1.807, 2.05) is 6.07 Å². The van der Waals surface area contributed by atoms with Crippen molar-refractivity contribution < 1.29 is 35.2 Å². The Labute approximate surface area is 193 Å². The predicted octanol–water partition coefficient (Wildman–Crippen LogP) is 3.90. The van der Waals surface area contributed by atoms with E-state index >= 15 is 0 Å². The Bertz CT molecular complexity index is 1170. The molecule has 1 unspecified atom stereocenters. The Hall–Kier alpha value is -2.60. The minimum absolute atomic E-state index is 0.0172. The van der Waals surface area contributed by atoms with Crippen LogP contribution in [0.25, 0.3) is 0 Å². The lowest BCUT2D eigenvalue weighted by molar-refractivity contribution is -0.127. The number of amides is 1. The van der Waals surface area contributed by atoms with Crippen molar-refractivity contribution in [2.24, 2.45) is 0 Å². The van der Waals surface area contributed by atoms with Gasteiger partial charge in [-0.25, -0.2) is 30.4 Å². The summed E-state index contributed by atoms with van der Waals surface area (Å²) >= 11 is 0. The quantitative estimate of drug-likeness (QED) is 0.369. The van der Waals surface area contributed by atoms with Crippen molar-refractivity contribution in [2.45, 2.75) is 61.9 Å². The van der Waals surface area contributed by atoms with Crippen LogP contribution >= 0.6 is 0 Å². The molecule has 2 fully saturated rings. The maximum Gasteiger partial charge on any atom is 0.249 e. The molecular formula is C22H22F5N3O3S. The highest BCUT2D eigenvalue weighted by Crippen LogP contribution is 2.34. The topological polar surface area (TPSA) is 79.4 Å². The van der Waals surface area contributed by atoms with Gasteiger partial charge in [-0.3, -0.25) is 9.78 Å². The molecule has 1 aromatic heterocycles. The van der Waals surface area contributed by atoms with Crippen LogP contribution in [0.4, 0.5) is 22.0 Å². The zero-order valence-electron chi connectivity index (χ0n) is 18.0. The molecule has 1 aromatic carbocycles. The molecule has 34 heavy (non-hydrogen) atoms. The first-order valence-corrected chi connectivity index (χ1v) is 12.3. The van der Waals surface area contributed by atoms with Crippen molar-refractivity contribution in [2.75, 3.05) is 6.54 Å². The molecule has 1 saturated carbocycles. The lowest BCUT2D eigenvalue weighted by Crippen LogP contribution is -2.58. The average molecular weight is 503 g/mol. The van der Waals surface area contributed by atoms with Crippen molar-refractivity contribution in [3.63, 3.8) is 0 Å². The smallest absolute Gasteiger partial charge is 0.249 e. The summed E-state index contributed by atoms with van der Waals surface area (Å²) in [6, 6.07) is 2.35. The van der Waals surface area contributed by atoms with Gasteiger partial charge in [-0.2, -0.15) is 4.31 Å². The van der Waals surface area contributed by atoms with Crippen LogP contribution in [0.3, 0.4) is 0 Å². The SMILES string of the molecule is O=C(NCc1ccc(C2CCCCC2)cn1)C1CCN1S(=O)(=O)c1c(F)c(F)c(F)c(F)c1F. The van der Waals surface area contributed by atoms with E-state index in [0.717, 1.165) is 18.4 Å². The highest BCUT2D eigenvalue weighted by molar-refractivity contribution is 7.89. The van der Waals surface area contributed by atoms with Gasteiger partial charge in [-0.15, -0.1) is 0 Å². The fourth-order valence-electron chi connectivity index (χ4n) is 4.36. The third kappa shape index (κ3) is 4.40. The largest absolute Gasteiger partial charge is 0.349 e. The fourth-order valence-corrected chi connectivity index (χ4v) is 6.10. The molecular weight excluding hydrogens is 481 g/mol. The molecule has 1 aliphatic heterocycles. The zero-order valence-corrected chi connectivity index (χ0v) is 18.8. The molecule has 0 bridgehead atoms. The first kappa shape index (κ1) is 24.5. The van der Waals surface area contributed by atoms with Gasteiger partial charge < -0.3 is 5.32 Å². The summed E-state index contributed by atoms with van der Waals surface area (Å²) in [4.78, 5) is 14.9. The third-order valence-corrected chi connectivity index (χ3v) is 8.31. The number of aromatic nitrogens is 1. The van der Waals surface area contributed by atoms with Crippen LogP contribution in [-0.4, -0.2) is 36.2 Å². The van der Waals surface area contributed by atoms with E-state index in [2.05, 4.69) is 10.3 Å². The molecule has 12 heteroatoms. The Morgan fingerprint density at radius 1 is 0.941 bits per heavy atom. The van der Waals surface area contributed by atoms with Gasteiger partial charge in [0.1, 0.15) is 6.04 Å². The first-order chi connectivity index (χ1) is 16.1. The van der Waals surface area contributed by atoms with Gasteiger partial charge in [0.15, 0.2) is 28.2 Å². The number of carbonyl (C=O) groups is 1. The molecule has 4 rings (SSSR count). The maximum atomic E-state index is 14.0. The summed E-state index contributed by atoms with van der Waals surface area (Å²) in [6.07, 6.45) is 7.56. The van der Waals surface area contributed by atoms with Crippen LogP contribution < -0.4 is 5.32 Å². The Morgan fingerprint density at radius 2 is 1.56 bits per heavy atom. The molecule has 184 valence electrons. The molecule has 2 aromatic rings. The van der Waals surface area contributed by atoms with Gasteiger partial charge in [0.05, 0.1) is 12.2 Å². The number of hydrogen-bond donors (Lipinski definition) is 1. The highest BCUT2D eigenvalue weighted by Gasteiger charge is 2.46. The molecule has 1 amide bonds. The number of halogens is 5. The molecule has 1 saturated heterocycles. The van der Waals surface area contributed by atoms with Gasteiger partial charge in [0.2, 0.25) is 21.7 Å². The van der Waals surface area contributed by atoms with Crippen molar-refractivity contribution in [1.29, 1.82) is 0 Å². The Morgan fingerprint density at radius 3 is 2.09 bits per heavy atom. The number of pyridine rings is 1. The van der Waals surface area contributed by atoms with E-state index in [-0.39, 0.29) is 19.5 Å². The van der Waals surface area contributed by atoms with Gasteiger partial charge in [0.25, 0.3) is 0 Å². The van der Waals surface area contributed by atoms with E-state index in [9.17, 15) is 35.2 Å². The second-order valence-electron chi connectivity index (χ2n) is 8.45. The van der Waals surface area contributed by atoms with Crippen LogP contribution in [0.2, 0.25) is 0 Å². The predicted molar refractivity (Wildman–Crippen MR) is 110 cm³/mol. The third-order valence-electron chi connectivity index (χ3n) is 6.38. The summed E-state index contributed by atoms with van der Waals surface area (Å²) in [5.74, 6) is -12.5. The fraction of sp³-hybridized carbons (Fsp3) is 0.455. The van der Waals surface area contributed by atoms with E-state index < -0.39 is 56.0 Å². The number of carbonyl (C=O) groups excluding carboxylic acids is 1. The molecule has 0 spiro atoms. The number of benzene rings is 1. The Kier molecular flexibility index (Phi) is 6.90.